The monoisotopic (exact) mass is 375 g/mol. The van der Waals surface area contributed by atoms with Gasteiger partial charge in [0.1, 0.15) is 0 Å². The first-order chi connectivity index (χ1) is 12.0. The van der Waals surface area contributed by atoms with Gasteiger partial charge in [-0.2, -0.15) is 0 Å². The average Bonchev–Trinajstić information content (AvgIpc) is 2.85. The lowest BCUT2D eigenvalue weighted by Crippen LogP contribution is -2.27. The highest BCUT2D eigenvalue weighted by atomic mass is 35.5. The van der Waals surface area contributed by atoms with E-state index in [9.17, 15) is 14.7 Å². The molecule has 1 aliphatic rings. The smallest absolute Gasteiger partial charge is 0.298 e. The molecule has 0 radical (unpaired) electrons. The van der Waals surface area contributed by atoms with Crippen LogP contribution in [0.4, 0.5) is 10.5 Å². The molecular weight excluding hydrogens is 362 g/mol. The lowest BCUT2D eigenvalue weighted by Gasteiger charge is -2.13. The van der Waals surface area contributed by atoms with Crippen LogP contribution in [0.15, 0.2) is 47.4 Å². The van der Waals surface area contributed by atoms with E-state index in [1.165, 1.54) is 6.07 Å². The number of carbonyl (C=O) groups is 2. The van der Waals surface area contributed by atoms with Crippen LogP contribution in [0.1, 0.15) is 12.5 Å². The zero-order valence-electron chi connectivity index (χ0n) is 13.2. The number of para-hydroxylation sites is 1. The summed E-state index contributed by atoms with van der Waals surface area (Å²) in [5.74, 6) is -0.0983. The van der Waals surface area contributed by atoms with E-state index in [4.69, 9.17) is 16.3 Å². The van der Waals surface area contributed by atoms with Crippen molar-refractivity contribution >= 4 is 46.3 Å². The second-order valence-electron chi connectivity index (χ2n) is 5.13. The molecule has 0 aliphatic carbocycles. The fraction of sp³-hybridized carbons (Fsp3) is 0.111. The van der Waals surface area contributed by atoms with Crippen LogP contribution in [0.25, 0.3) is 6.08 Å². The fourth-order valence-corrected chi connectivity index (χ4v) is 3.41. The van der Waals surface area contributed by atoms with Gasteiger partial charge in [0.2, 0.25) is 0 Å². The predicted octanol–water partition coefficient (Wildman–Crippen LogP) is 4.69. The second-order valence-corrected chi connectivity index (χ2v) is 6.53. The largest absolute Gasteiger partial charge is 0.504 e. The van der Waals surface area contributed by atoms with E-state index in [2.05, 4.69) is 0 Å². The first kappa shape index (κ1) is 17.4. The van der Waals surface area contributed by atoms with Gasteiger partial charge in [0, 0.05) is 0 Å². The Morgan fingerprint density at radius 2 is 2.00 bits per heavy atom. The van der Waals surface area contributed by atoms with E-state index >= 15 is 0 Å². The molecule has 0 saturated carbocycles. The maximum atomic E-state index is 12.6. The van der Waals surface area contributed by atoms with Crippen LogP contribution < -0.4 is 9.64 Å². The van der Waals surface area contributed by atoms with Crippen molar-refractivity contribution in [3.8, 4) is 11.5 Å². The second kappa shape index (κ2) is 7.21. The highest BCUT2D eigenvalue weighted by Crippen LogP contribution is 2.39. The molecule has 1 aliphatic heterocycles. The van der Waals surface area contributed by atoms with Crippen molar-refractivity contribution in [2.24, 2.45) is 0 Å². The third-order valence-electron chi connectivity index (χ3n) is 3.47. The van der Waals surface area contributed by atoms with Crippen LogP contribution in [0.5, 0.6) is 11.5 Å². The molecular formula is C18H14ClNO4S. The van der Waals surface area contributed by atoms with E-state index in [0.717, 1.165) is 16.7 Å². The molecule has 0 spiro atoms. The van der Waals surface area contributed by atoms with Gasteiger partial charge in [-0.3, -0.25) is 9.59 Å². The van der Waals surface area contributed by atoms with Crippen LogP contribution in [0.2, 0.25) is 5.02 Å². The number of hydrogen-bond acceptors (Lipinski definition) is 5. The molecule has 0 unspecified atom stereocenters. The quantitative estimate of drug-likeness (QED) is 0.785. The van der Waals surface area contributed by atoms with E-state index in [0.29, 0.717) is 28.6 Å². The van der Waals surface area contributed by atoms with Gasteiger partial charge < -0.3 is 9.84 Å². The third kappa shape index (κ3) is 3.50. The summed E-state index contributed by atoms with van der Waals surface area (Å²) >= 11 is 6.94. The lowest BCUT2D eigenvalue weighted by molar-refractivity contribution is -0.113. The maximum absolute atomic E-state index is 12.6. The minimum atomic E-state index is -0.436. The van der Waals surface area contributed by atoms with Crippen LogP contribution in [-0.2, 0) is 4.79 Å². The number of thioether (sulfide) groups is 1. The Bertz CT molecular complexity index is 881. The van der Waals surface area contributed by atoms with Gasteiger partial charge in [0.05, 0.1) is 22.2 Å². The summed E-state index contributed by atoms with van der Waals surface area (Å²) in [6.07, 6.45) is 1.59. The molecule has 7 heteroatoms. The van der Waals surface area contributed by atoms with Crippen LogP contribution in [-0.4, -0.2) is 22.9 Å². The molecule has 1 N–H and O–H groups in total. The van der Waals surface area contributed by atoms with E-state index in [1.807, 2.05) is 0 Å². The number of aromatic hydroxyl groups is 1. The summed E-state index contributed by atoms with van der Waals surface area (Å²) < 4.78 is 5.33. The fourth-order valence-electron chi connectivity index (χ4n) is 2.35. The van der Waals surface area contributed by atoms with Gasteiger partial charge >= 0.3 is 0 Å². The summed E-state index contributed by atoms with van der Waals surface area (Å²) in [5.41, 5.74) is 1.00. The van der Waals surface area contributed by atoms with Gasteiger partial charge in [0.15, 0.2) is 11.5 Å². The molecule has 25 heavy (non-hydrogen) atoms. The first-order valence-electron chi connectivity index (χ1n) is 7.49. The van der Waals surface area contributed by atoms with Crippen molar-refractivity contribution in [3.05, 3.63) is 58.0 Å². The van der Waals surface area contributed by atoms with Crippen LogP contribution >= 0.6 is 23.4 Å². The summed E-state index contributed by atoms with van der Waals surface area (Å²) in [7, 11) is 0. The number of anilines is 1. The molecule has 2 aromatic carbocycles. The molecule has 3 rings (SSSR count). The summed E-state index contributed by atoms with van der Waals surface area (Å²) in [6.45, 7) is 2.21. The van der Waals surface area contributed by atoms with Crippen LogP contribution in [0, 0.1) is 0 Å². The number of halogens is 1. The Labute approximate surface area is 153 Å². The summed E-state index contributed by atoms with van der Waals surface area (Å²) in [5, 5.41) is 9.67. The Kier molecular flexibility index (Phi) is 5.01. The predicted molar refractivity (Wildman–Crippen MR) is 99.2 cm³/mol. The number of benzene rings is 2. The van der Waals surface area contributed by atoms with Crippen molar-refractivity contribution in [1.29, 1.82) is 0 Å². The maximum Gasteiger partial charge on any atom is 0.298 e. The molecule has 128 valence electrons. The molecule has 1 fully saturated rings. The van der Waals surface area contributed by atoms with Gasteiger partial charge in [-0.1, -0.05) is 29.8 Å². The number of hydrogen-bond donors (Lipinski definition) is 1. The van der Waals surface area contributed by atoms with Gasteiger partial charge in [-0.15, -0.1) is 0 Å². The lowest BCUT2D eigenvalue weighted by atomic mass is 10.2. The number of phenolic OH excluding ortho intramolecular Hbond substituents is 1. The first-order valence-corrected chi connectivity index (χ1v) is 8.69. The molecule has 1 saturated heterocycles. The number of phenols is 1. The van der Waals surface area contributed by atoms with Crippen molar-refractivity contribution < 1.29 is 19.4 Å². The molecule has 5 nitrogen and oxygen atoms in total. The minimum Gasteiger partial charge on any atom is -0.504 e. The van der Waals surface area contributed by atoms with Crippen molar-refractivity contribution in [3.63, 3.8) is 0 Å². The normalized spacial score (nSPS) is 15.9. The summed E-state index contributed by atoms with van der Waals surface area (Å²) in [6, 6.07) is 11.4. The number of carbonyl (C=O) groups excluding carboxylic acids is 2. The summed E-state index contributed by atoms with van der Waals surface area (Å²) in [4.78, 5) is 26.2. The van der Waals surface area contributed by atoms with E-state index < -0.39 is 11.1 Å². The topological polar surface area (TPSA) is 66.8 Å². The van der Waals surface area contributed by atoms with Crippen molar-refractivity contribution in [1.82, 2.24) is 0 Å². The number of nitrogens with zero attached hydrogens (tertiary/aromatic N) is 1. The number of ether oxygens (including phenoxy) is 1. The van der Waals surface area contributed by atoms with Gasteiger partial charge in [0.25, 0.3) is 11.1 Å². The molecule has 2 amide bonds. The molecule has 0 bridgehead atoms. The standard InChI is InChI=1S/C18H14ClNO4S/c1-2-24-15-9-11(7-8-14(15)21)10-16-17(22)20(18(23)25-16)13-6-4-3-5-12(13)19/h3-10,21H,2H2,1H3/b16-10-. The Balaban J connectivity index is 1.93. The number of imide groups is 1. The molecule has 2 aromatic rings. The van der Waals surface area contributed by atoms with E-state index in [1.54, 1.807) is 49.4 Å². The molecule has 0 atom stereocenters. The van der Waals surface area contributed by atoms with E-state index in [-0.39, 0.29) is 10.7 Å². The van der Waals surface area contributed by atoms with Crippen LogP contribution in [0.3, 0.4) is 0 Å². The molecule has 1 heterocycles. The Hall–Kier alpha value is -2.44. The van der Waals surface area contributed by atoms with Gasteiger partial charge in [-0.05, 0) is 54.6 Å². The zero-order valence-corrected chi connectivity index (χ0v) is 14.8. The zero-order chi connectivity index (χ0) is 18.0. The van der Waals surface area contributed by atoms with Gasteiger partial charge in [-0.25, -0.2) is 4.90 Å². The molecule has 0 aromatic heterocycles. The number of rotatable bonds is 4. The van der Waals surface area contributed by atoms with Crippen molar-refractivity contribution in [2.45, 2.75) is 6.92 Å². The average molecular weight is 376 g/mol. The minimum absolute atomic E-state index is 0.0168. The third-order valence-corrected chi connectivity index (χ3v) is 4.66. The number of amides is 2. The SMILES string of the molecule is CCOc1cc(/C=C2\SC(=O)N(c3ccccc3Cl)C2=O)ccc1O. The Morgan fingerprint density at radius 1 is 1.24 bits per heavy atom. The van der Waals surface area contributed by atoms with Crippen molar-refractivity contribution in [2.75, 3.05) is 11.5 Å². The highest BCUT2D eigenvalue weighted by Gasteiger charge is 2.37. The Morgan fingerprint density at radius 3 is 2.72 bits per heavy atom. The highest BCUT2D eigenvalue weighted by molar-refractivity contribution is 8.19.